The van der Waals surface area contributed by atoms with Crippen LogP contribution in [-0.2, 0) is 6.54 Å². The maximum absolute atomic E-state index is 11.0. The highest BCUT2D eigenvalue weighted by Crippen LogP contribution is 2.11. The first-order chi connectivity index (χ1) is 7.19. The maximum Gasteiger partial charge on any atom is 0.323 e. The molecule has 0 fully saturated rings. The number of imidazole rings is 1. The van der Waals surface area contributed by atoms with Gasteiger partial charge >= 0.3 is 5.69 Å². The van der Waals surface area contributed by atoms with Crippen molar-refractivity contribution in [1.82, 2.24) is 14.9 Å². The number of H-pyrrole nitrogens is 2. The first kappa shape index (κ1) is 10.4. The molecule has 2 rings (SSSR count). The number of aromatic amines is 2. The smallest absolute Gasteiger partial charge is 0.306 e. The highest BCUT2D eigenvalue weighted by Gasteiger charge is 2.01. The molecule has 0 aliphatic heterocycles. The molecule has 15 heavy (non-hydrogen) atoms. The zero-order valence-corrected chi connectivity index (χ0v) is 9.97. The van der Waals surface area contributed by atoms with Gasteiger partial charge in [-0.05, 0) is 24.7 Å². The fourth-order valence-corrected chi connectivity index (χ4v) is 1.71. The predicted molar refractivity (Wildman–Crippen MR) is 64.2 cm³/mol. The molecule has 0 aliphatic carbocycles. The molecule has 0 spiro atoms. The summed E-state index contributed by atoms with van der Waals surface area (Å²) in [6.45, 7) is 0.856. The van der Waals surface area contributed by atoms with E-state index in [2.05, 4.69) is 30.8 Å². The van der Waals surface area contributed by atoms with Crippen molar-refractivity contribution < 1.29 is 0 Å². The van der Waals surface area contributed by atoms with Gasteiger partial charge in [0.15, 0.2) is 0 Å². The Balaban J connectivity index is 2.34. The van der Waals surface area contributed by atoms with Crippen LogP contribution < -0.4 is 5.69 Å². The number of hydrogen-bond donors (Lipinski definition) is 2. The molecule has 0 atom stereocenters. The molecule has 1 aromatic carbocycles. The summed E-state index contributed by atoms with van der Waals surface area (Å²) in [5.74, 6) is 0. The Morgan fingerprint density at radius 3 is 2.80 bits per heavy atom. The number of halogens is 1. The lowest BCUT2D eigenvalue weighted by Gasteiger charge is -2.12. The first-order valence-corrected chi connectivity index (χ1v) is 5.76. The van der Waals surface area contributed by atoms with Gasteiger partial charge in [-0.2, -0.15) is 0 Å². The second kappa shape index (κ2) is 4.20. The molecule has 5 heteroatoms. The van der Waals surface area contributed by atoms with Crippen LogP contribution in [0, 0.1) is 0 Å². The van der Waals surface area contributed by atoms with Crippen molar-refractivity contribution in [3.63, 3.8) is 0 Å². The van der Waals surface area contributed by atoms with E-state index in [0.29, 0.717) is 0 Å². The summed E-state index contributed by atoms with van der Waals surface area (Å²) in [4.78, 5) is 18.6. The van der Waals surface area contributed by atoms with E-state index in [1.807, 2.05) is 25.2 Å². The molecule has 1 heterocycles. The molecule has 2 N–H and O–H groups in total. The summed E-state index contributed by atoms with van der Waals surface area (Å²) in [7, 11) is 2.03. The zero-order chi connectivity index (χ0) is 10.8. The van der Waals surface area contributed by atoms with E-state index in [4.69, 9.17) is 0 Å². The van der Waals surface area contributed by atoms with E-state index in [0.717, 1.165) is 23.0 Å². The lowest BCUT2D eigenvalue weighted by Crippen LogP contribution is -2.14. The number of aromatic nitrogens is 2. The van der Waals surface area contributed by atoms with E-state index < -0.39 is 0 Å². The molecule has 0 saturated carbocycles. The molecule has 0 saturated heterocycles. The minimum atomic E-state index is -0.156. The maximum atomic E-state index is 11.0. The van der Waals surface area contributed by atoms with Gasteiger partial charge in [0.1, 0.15) is 0 Å². The molecule has 2 aromatic rings. The topological polar surface area (TPSA) is 51.9 Å². The van der Waals surface area contributed by atoms with Crippen LogP contribution >= 0.6 is 15.9 Å². The van der Waals surface area contributed by atoms with Gasteiger partial charge in [-0.1, -0.05) is 22.0 Å². The lowest BCUT2D eigenvalue weighted by atomic mass is 10.2. The molecule has 0 aliphatic rings. The Morgan fingerprint density at radius 2 is 2.07 bits per heavy atom. The number of alkyl halides is 1. The third kappa shape index (κ3) is 2.30. The van der Waals surface area contributed by atoms with E-state index in [1.165, 1.54) is 5.56 Å². The molecule has 0 amide bonds. The first-order valence-electron chi connectivity index (χ1n) is 4.64. The van der Waals surface area contributed by atoms with Gasteiger partial charge in [0, 0.05) is 6.54 Å². The van der Waals surface area contributed by atoms with Crippen LogP contribution in [0.5, 0.6) is 0 Å². The van der Waals surface area contributed by atoms with Crippen LogP contribution in [0.2, 0.25) is 0 Å². The summed E-state index contributed by atoms with van der Waals surface area (Å²) in [5.41, 5.74) is 3.57. The van der Waals surface area contributed by atoms with Crippen molar-refractivity contribution in [2.24, 2.45) is 0 Å². The van der Waals surface area contributed by atoms with Gasteiger partial charge in [-0.25, -0.2) is 4.79 Å². The highest BCUT2D eigenvalue weighted by molar-refractivity contribution is 9.09. The van der Waals surface area contributed by atoms with Crippen LogP contribution in [0.15, 0.2) is 23.0 Å². The quantitative estimate of drug-likeness (QED) is 0.658. The Morgan fingerprint density at radius 1 is 1.33 bits per heavy atom. The highest BCUT2D eigenvalue weighted by atomic mass is 79.9. The number of rotatable bonds is 3. The average Bonchev–Trinajstić information content (AvgIpc) is 2.57. The molecule has 0 unspecified atom stereocenters. The molecule has 1 aromatic heterocycles. The second-order valence-electron chi connectivity index (χ2n) is 3.59. The number of nitrogens with zero attached hydrogens (tertiary/aromatic N) is 1. The third-order valence-corrected chi connectivity index (χ3v) is 3.09. The van der Waals surface area contributed by atoms with E-state index >= 15 is 0 Å². The van der Waals surface area contributed by atoms with E-state index in [-0.39, 0.29) is 5.69 Å². The van der Waals surface area contributed by atoms with E-state index in [1.54, 1.807) is 0 Å². The summed E-state index contributed by atoms with van der Waals surface area (Å²) in [6.07, 6.45) is 0. The molecule has 0 bridgehead atoms. The van der Waals surface area contributed by atoms with Gasteiger partial charge in [-0.3, -0.25) is 4.90 Å². The van der Waals surface area contributed by atoms with Gasteiger partial charge < -0.3 is 9.97 Å². The number of fused-ring (bicyclic) bond motifs is 1. The Kier molecular flexibility index (Phi) is 2.93. The van der Waals surface area contributed by atoms with Gasteiger partial charge in [0.05, 0.1) is 16.5 Å². The van der Waals surface area contributed by atoms with Crippen molar-refractivity contribution in [2.45, 2.75) is 6.54 Å². The zero-order valence-electron chi connectivity index (χ0n) is 8.38. The summed E-state index contributed by atoms with van der Waals surface area (Å²) >= 11 is 3.39. The molecule has 4 nitrogen and oxygen atoms in total. The normalized spacial score (nSPS) is 11.4. The van der Waals surface area contributed by atoms with Crippen LogP contribution in [-0.4, -0.2) is 27.4 Å². The number of nitrogens with one attached hydrogen (secondary N) is 2. The van der Waals surface area contributed by atoms with Crippen LogP contribution in [0.4, 0.5) is 0 Å². The molecular formula is C10H12BrN3O. The summed E-state index contributed by atoms with van der Waals surface area (Å²) < 4.78 is 0. The molecule has 80 valence electrons. The van der Waals surface area contributed by atoms with Gasteiger partial charge in [0.2, 0.25) is 0 Å². The van der Waals surface area contributed by atoms with Crippen molar-refractivity contribution in [2.75, 3.05) is 12.5 Å². The summed E-state index contributed by atoms with van der Waals surface area (Å²) in [6, 6.07) is 5.93. The average molecular weight is 270 g/mol. The van der Waals surface area contributed by atoms with E-state index in [9.17, 15) is 4.79 Å². The minimum Gasteiger partial charge on any atom is -0.306 e. The van der Waals surface area contributed by atoms with Crippen molar-refractivity contribution in [3.8, 4) is 0 Å². The molecular weight excluding hydrogens is 258 g/mol. The molecule has 0 radical (unpaired) electrons. The van der Waals surface area contributed by atoms with Crippen molar-refractivity contribution in [3.05, 3.63) is 34.2 Å². The number of benzene rings is 1. The van der Waals surface area contributed by atoms with Crippen molar-refractivity contribution >= 4 is 27.0 Å². The Hall–Kier alpha value is -1.07. The van der Waals surface area contributed by atoms with Crippen LogP contribution in [0.1, 0.15) is 5.56 Å². The minimum absolute atomic E-state index is 0.156. The lowest BCUT2D eigenvalue weighted by molar-refractivity contribution is 0.390. The SMILES string of the molecule is CN(CBr)Cc1ccc2[nH]c(=O)[nH]c2c1. The van der Waals surface area contributed by atoms with Crippen LogP contribution in [0.25, 0.3) is 11.0 Å². The van der Waals surface area contributed by atoms with Gasteiger partial charge in [0.25, 0.3) is 0 Å². The van der Waals surface area contributed by atoms with Gasteiger partial charge in [-0.15, -0.1) is 0 Å². The number of hydrogen-bond acceptors (Lipinski definition) is 2. The Bertz CT molecular complexity index is 517. The summed E-state index contributed by atoms with van der Waals surface area (Å²) in [5, 5.41) is 0. The Labute approximate surface area is 95.4 Å². The van der Waals surface area contributed by atoms with Crippen LogP contribution in [0.3, 0.4) is 0 Å². The van der Waals surface area contributed by atoms with Crippen molar-refractivity contribution in [1.29, 1.82) is 0 Å². The fraction of sp³-hybridized carbons (Fsp3) is 0.300. The monoisotopic (exact) mass is 269 g/mol. The standard InChI is InChI=1S/C10H12BrN3O/c1-14(6-11)5-7-2-3-8-9(4-7)13-10(15)12-8/h2-4H,5-6H2,1H3,(H2,12,13,15). The third-order valence-electron chi connectivity index (χ3n) is 2.24. The second-order valence-corrected chi connectivity index (χ2v) is 4.09. The predicted octanol–water partition coefficient (Wildman–Crippen LogP) is 1.64. The fourth-order valence-electron chi connectivity index (χ4n) is 1.53. The largest absolute Gasteiger partial charge is 0.323 e.